The first kappa shape index (κ1) is 53.3. The first-order chi connectivity index (χ1) is 34.5. The smallest absolute Gasteiger partial charge is 0.410 e. The van der Waals surface area contributed by atoms with Crippen LogP contribution in [0.2, 0.25) is 0 Å². The zero-order valence-electron chi connectivity index (χ0n) is 36.1. The number of carbonyl (C=O) groups excluding carboxylic acids is 1. The van der Waals surface area contributed by atoms with E-state index in [0.29, 0.717) is 23.9 Å². The first-order valence-corrected chi connectivity index (χ1v) is 20.9. The molecule has 0 unspecified atom stereocenters. The molecule has 1 aromatic heterocycles. The monoisotopic (exact) mass is 1050 g/mol. The van der Waals surface area contributed by atoms with Gasteiger partial charge in [-0.3, -0.25) is 4.98 Å². The zero-order chi connectivity index (χ0) is 53.5. The molecule has 382 valence electrons. The van der Waals surface area contributed by atoms with Gasteiger partial charge in [-0.05, 0) is 36.5 Å². The maximum Gasteiger partial charge on any atom is 0.410 e. The fraction of sp³-hybridized carbons (Fsp3) is 0.146. The molecule has 0 spiro atoms. The molecule has 1 aliphatic carbocycles. The van der Waals surface area contributed by atoms with Crippen molar-refractivity contribution in [2.45, 2.75) is 44.6 Å². The lowest BCUT2D eigenvalue weighted by atomic mass is 9.12. The molecule has 0 amide bonds. The summed E-state index contributed by atoms with van der Waals surface area (Å²) in [5, 5.41) is 0. The molecule has 0 saturated heterocycles. The molecule has 6 aromatic carbocycles. The lowest BCUT2D eigenvalue weighted by Crippen LogP contribution is -2.81. The molecule has 8 rings (SSSR count). The van der Waals surface area contributed by atoms with E-state index in [1.165, 1.54) is 37.7 Å². The van der Waals surface area contributed by atoms with Crippen LogP contribution in [-0.2, 0) is 6.54 Å². The van der Waals surface area contributed by atoms with E-state index in [-0.39, 0.29) is 0 Å². The Morgan fingerprint density at radius 1 is 0.466 bits per heavy atom. The Balaban J connectivity index is 0.000000237. The molecular weight excluding hydrogens is 1030 g/mol. The van der Waals surface area contributed by atoms with Gasteiger partial charge in [0.15, 0.2) is 82.5 Å². The third-order valence-electron chi connectivity index (χ3n) is 12.1. The third kappa shape index (κ3) is 9.21. The molecule has 1 heterocycles. The second kappa shape index (κ2) is 20.9. The highest BCUT2D eigenvalue weighted by Gasteiger charge is 2.52. The van der Waals surface area contributed by atoms with Gasteiger partial charge in [0.05, 0.1) is 6.20 Å². The molecule has 0 bridgehead atoms. The predicted molar refractivity (Wildman–Crippen MR) is 216 cm³/mol. The van der Waals surface area contributed by atoms with Gasteiger partial charge in [0.25, 0.3) is 0 Å². The number of benzene rings is 6. The number of esters is 1. The van der Waals surface area contributed by atoms with Gasteiger partial charge < -0.3 is 4.74 Å². The van der Waals surface area contributed by atoms with Crippen LogP contribution >= 0.6 is 0 Å². The molecule has 0 aliphatic heterocycles. The van der Waals surface area contributed by atoms with E-state index in [0.717, 1.165) is 5.56 Å². The van der Waals surface area contributed by atoms with E-state index in [2.05, 4.69) is 17.1 Å². The standard InChI is InChI=1S/C24BF20.C24H25N2O2/c26-5-1(6(27)14(35)21(42)13(5)34)25(2-7(28)15(36)22(43)16(37)8(2)29,3-9(30)17(38)23(44)18(39)10(3)31)4-11(32)19(40)24(45)20(41)12(4)33;27-24(23-17-25-15-16-26(23)18-19-7-3-1-4-8-19)28-22-13-11-21(12-14-22)20-9-5-2-6-10-20/h;1,3-4,7-8,11-17,20H,2,5-6,9-10,18H2/q-1;+1. The summed E-state index contributed by atoms with van der Waals surface area (Å²) >= 11 is 0. The number of hydrogen-bond acceptors (Lipinski definition) is 3. The van der Waals surface area contributed by atoms with E-state index in [1.54, 1.807) is 18.6 Å². The van der Waals surface area contributed by atoms with Crippen LogP contribution in [0, 0.1) is 116 Å². The van der Waals surface area contributed by atoms with Crippen LogP contribution in [-0.4, -0.2) is 17.1 Å². The van der Waals surface area contributed by atoms with Crippen molar-refractivity contribution in [1.82, 2.24) is 4.98 Å². The summed E-state index contributed by atoms with van der Waals surface area (Å²) in [4.78, 5) is 16.8. The Labute approximate surface area is 397 Å². The van der Waals surface area contributed by atoms with Gasteiger partial charge in [0.1, 0.15) is 64.6 Å². The quantitative estimate of drug-likeness (QED) is 0.0275. The molecule has 1 aliphatic rings. The third-order valence-corrected chi connectivity index (χ3v) is 12.1. The fourth-order valence-electron chi connectivity index (χ4n) is 8.75. The van der Waals surface area contributed by atoms with Crippen LogP contribution in [0.25, 0.3) is 0 Å². The number of aromatic nitrogens is 2. The van der Waals surface area contributed by atoms with Crippen molar-refractivity contribution in [1.29, 1.82) is 0 Å². The average Bonchev–Trinajstić information content (AvgIpc) is 3.39. The van der Waals surface area contributed by atoms with Crippen LogP contribution in [0.5, 0.6) is 5.75 Å². The van der Waals surface area contributed by atoms with Crippen molar-refractivity contribution in [2.75, 3.05) is 0 Å². The summed E-state index contributed by atoms with van der Waals surface area (Å²) in [5.74, 6) is -70.6. The highest BCUT2D eigenvalue weighted by atomic mass is 19.2. The Hall–Kier alpha value is -7.47. The lowest BCUT2D eigenvalue weighted by molar-refractivity contribution is -0.691. The molecule has 25 heteroatoms. The van der Waals surface area contributed by atoms with Gasteiger partial charge >= 0.3 is 11.7 Å². The molecule has 1 saturated carbocycles. The topological polar surface area (TPSA) is 43.1 Å². The summed E-state index contributed by atoms with van der Waals surface area (Å²) in [6.07, 6.45) is 4.30. The first-order valence-electron chi connectivity index (χ1n) is 20.9. The Bertz CT molecular complexity index is 2920. The number of nitrogens with zero attached hydrogens (tertiary/aromatic N) is 2. The molecule has 0 atom stereocenters. The van der Waals surface area contributed by atoms with Crippen molar-refractivity contribution < 1.29 is 102 Å². The number of ether oxygens (including phenoxy) is 1. The van der Waals surface area contributed by atoms with E-state index in [4.69, 9.17) is 4.74 Å². The van der Waals surface area contributed by atoms with E-state index >= 15 is 35.1 Å². The zero-order valence-corrected chi connectivity index (χ0v) is 36.1. The van der Waals surface area contributed by atoms with Crippen LogP contribution in [0.3, 0.4) is 0 Å². The van der Waals surface area contributed by atoms with Gasteiger partial charge in [0.2, 0.25) is 0 Å². The highest BCUT2D eigenvalue weighted by molar-refractivity contribution is 7.20. The Morgan fingerprint density at radius 3 is 1.16 bits per heavy atom. The number of carbonyl (C=O) groups is 1. The van der Waals surface area contributed by atoms with E-state index in [9.17, 15) is 57.5 Å². The molecule has 0 radical (unpaired) electrons. The second-order valence-corrected chi connectivity index (χ2v) is 16.2. The van der Waals surface area contributed by atoms with Crippen molar-refractivity contribution in [3.8, 4) is 5.75 Å². The molecule has 1 fully saturated rings. The van der Waals surface area contributed by atoms with Crippen molar-refractivity contribution >= 4 is 34.0 Å². The summed E-state index contributed by atoms with van der Waals surface area (Å²) < 4.78 is 301. The van der Waals surface area contributed by atoms with Gasteiger partial charge in [-0.1, -0.05) is 61.7 Å². The summed E-state index contributed by atoms with van der Waals surface area (Å²) in [5.41, 5.74) is -11.4. The van der Waals surface area contributed by atoms with E-state index in [1.807, 2.05) is 47.0 Å². The average molecular weight is 1050 g/mol. The van der Waals surface area contributed by atoms with Crippen molar-refractivity contribution in [3.63, 3.8) is 0 Å². The Morgan fingerprint density at radius 2 is 0.808 bits per heavy atom. The van der Waals surface area contributed by atoms with E-state index < -0.39 is 150 Å². The van der Waals surface area contributed by atoms with Crippen molar-refractivity contribution in [2.24, 2.45) is 0 Å². The largest absolute Gasteiger partial charge is 0.419 e. The van der Waals surface area contributed by atoms with Crippen LogP contribution in [0.1, 0.15) is 59.6 Å². The summed E-state index contributed by atoms with van der Waals surface area (Å²) in [7, 11) is 0. The maximum absolute atomic E-state index is 15.4. The second-order valence-electron chi connectivity index (χ2n) is 16.2. The molecule has 7 aromatic rings. The van der Waals surface area contributed by atoms with Crippen LogP contribution < -0.4 is 31.2 Å². The van der Waals surface area contributed by atoms with Crippen molar-refractivity contribution in [3.05, 3.63) is 206 Å². The van der Waals surface area contributed by atoms with Gasteiger partial charge in [-0.2, -0.15) is 4.57 Å². The molecule has 73 heavy (non-hydrogen) atoms. The maximum atomic E-state index is 15.4. The molecule has 4 nitrogen and oxygen atoms in total. The number of rotatable bonds is 9. The SMILES string of the molecule is Fc1c(F)c(F)c([B-](c2c(F)c(F)c(F)c(F)c2F)(c2c(F)c(F)c(F)c(F)c2F)c2c(F)c(F)c(F)c(F)c2F)c(F)c1F.O=C(Oc1ccc(C2CCCCC2)cc1)c1cncc[n+]1Cc1ccccc1. The van der Waals surface area contributed by atoms with Gasteiger partial charge in [-0.25, -0.2) is 92.6 Å². The van der Waals surface area contributed by atoms with Crippen LogP contribution in [0.4, 0.5) is 87.8 Å². The number of halogens is 20. The normalized spacial score (nSPS) is 13.0. The highest BCUT2D eigenvalue weighted by Crippen LogP contribution is 2.34. The predicted octanol–water partition coefficient (Wildman–Crippen LogP) is 10.5. The van der Waals surface area contributed by atoms with Gasteiger partial charge in [-0.15, -0.1) is 21.9 Å². The summed E-state index contributed by atoms with van der Waals surface area (Å²) in [6, 6.07) is 18.0. The summed E-state index contributed by atoms with van der Waals surface area (Å²) in [6.45, 7) is 0.592. The fourth-order valence-corrected chi connectivity index (χ4v) is 8.75. The minimum absolute atomic E-state index is 0.394. The number of hydrogen-bond donors (Lipinski definition) is 0. The van der Waals surface area contributed by atoms with Gasteiger partial charge in [0, 0.05) is 5.56 Å². The minimum Gasteiger partial charge on any atom is -0.419 e. The van der Waals surface area contributed by atoms with Crippen LogP contribution in [0.15, 0.2) is 73.2 Å². The molecule has 0 N–H and O–H groups in total. The minimum atomic E-state index is -7.22. The lowest BCUT2D eigenvalue weighted by Gasteiger charge is -2.44. The molecular formula is C48H25BF20N2O2. The Kier molecular flexibility index (Phi) is 15.3.